The highest BCUT2D eigenvalue weighted by molar-refractivity contribution is 5.95. The van der Waals surface area contributed by atoms with E-state index in [1.807, 2.05) is 37.3 Å². The van der Waals surface area contributed by atoms with Gasteiger partial charge < -0.3 is 15.1 Å². The van der Waals surface area contributed by atoms with E-state index in [0.29, 0.717) is 17.8 Å². The number of hydrogen-bond donors (Lipinski definition) is 2. The highest BCUT2D eigenvalue weighted by atomic mass is 16.4. The van der Waals surface area contributed by atoms with E-state index in [0.717, 1.165) is 48.0 Å². The Hall–Kier alpha value is -3.45. The first-order valence-corrected chi connectivity index (χ1v) is 10.8. The Labute approximate surface area is 186 Å². The third-order valence-corrected chi connectivity index (χ3v) is 5.86. The molecule has 1 aliphatic heterocycles. The molecule has 0 atom stereocenters. The largest absolute Gasteiger partial charge is 0.423 e. The number of aryl methyl sites for hydroxylation is 1. The number of nitrogens with one attached hydrogen (secondary N) is 2. The maximum absolute atomic E-state index is 12.6. The quantitative estimate of drug-likeness (QED) is 0.602. The number of nitrogens with zero attached hydrogens (tertiary/aromatic N) is 1. The number of likely N-dealkylation sites (tertiary alicyclic amines) is 1. The number of benzene rings is 2. The van der Waals surface area contributed by atoms with Gasteiger partial charge in [0.1, 0.15) is 5.58 Å². The maximum Gasteiger partial charge on any atom is 0.336 e. The van der Waals surface area contributed by atoms with Crippen molar-refractivity contribution in [1.29, 1.82) is 0 Å². The van der Waals surface area contributed by atoms with Gasteiger partial charge in [0.25, 0.3) is 5.91 Å². The van der Waals surface area contributed by atoms with Gasteiger partial charge in [-0.3, -0.25) is 14.5 Å². The lowest BCUT2D eigenvalue weighted by Crippen LogP contribution is -2.44. The van der Waals surface area contributed by atoms with Crippen LogP contribution in [0.2, 0.25) is 0 Å². The molecule has 2 amide bonds. The molecule has 2 aromatic carbocycles. The monoisotopic (exact) mass is 433 g/mol. The number of fused-ring (bicyclic) bond motifs is 1. The summed E-state index contributed by atoms with van der Waals surface area (Å²) in [5.74, 6) is -0.205. The van der Waals surface area contributed by atoms with Gasteiger partial charge in [-0.05, 0) is 49.1 Å². The minimum Gasteiger partial charge on any atom is -0.423 e. The molecule has 0 bridgehead atoms. The van der Waals surface area contributed by atoms with Crippen molar-refractivity contribution in [2.45, 2.75) is 39.3 Å². The normalized spacial score (nSPS) is 14.9. The van der Waals surface area contributed by atoms with Gasteiger partial charge >= 0.3 is 5.63 Å². The van der Waals surface area contributed by atoms with Crippen LogP contribution in [0.5, 0.6) is 0 Å². The minimum absolute atomic E-state index is 0.0248. The van der Waals surface area contributed by atoms with E-state index < -0.39 is 5.63 Å². The van der Waals surface area contributed by atoms with Gasteiger partial charge in [-0.15, -0.1) is 0 Å². The van der Waals surface area contributed by atoms with Crippen molar-refractivity contribution in [2.75, 3.05) is 18.4 Å². The Morgan fingerprint density at radius 3 is 2.56 bits per heavy atom. The molecular formula is C25H27N3O4. The van der Waals surface area contributed by atoms with Gasteiger partial charge in [0.15, 0.2) is 0 Å². The fourth-order valence-corrected chi connectivity index (χ4v) is 4.21. The van der Waals surface area contributed by atoms with E-state index in [-0.39, 0.29) is 17.9 Å². The molecule has 32 heavy (non-hydrogen) atoms. The maximum atomic E-state index is 12.6. The SMILES string of the molecule is CC(=O)Nc1ccc2c(CN3CCC(NC(=O)c4ccccc4C)CC3)cc(=O)oc2c1. The van der Waals surface area contributed by atoms with Crippen molar-refractivity contribution < 1.29 is 14.0 Å². The van der Waals surface area contributed by atoms with Crippen LogP contribution in [0.1, 0.15) is 41.3 Å². The zero-order valence-electron chi connectivity index (χ0n) is 18.3. The molecule has 0 spiro atoms. The standard InChI is InChI=1S/C25H27N3O4/c1-16-5-3-4-6-21(16)25(31)27-19-9-11-28(12-10-19)15-18-13-24(30)32-23-14-20(26-17(2)29)7-8-22(18)23/h3-8,13-14,19H,9-12,15H2,1-2H3,(H,26,29)(H,27,31). The Morgan fingerprint density at radius 2 is 1.84 bits per heavy atom. The fraction of sp³-hybridized carbons (Fsp3) is 0.320. The lowest BCUT2D eigenvalue weighted by atomic mass is 10.0. The summed E-state index contributed by atoms with van der Waals surface area (Å²) in [6.07, 6.45) is 1.70. The summed E-state index contributed by atoms with van der Waals surface area (Å²) in [5, 5.41) is 6.72. The number of carbonyl (C=O) groups excluding carboxylic acids is 2. The van der Waals surface area contributed by atoms with Crippen LogP contribution in [0.15, 0.2) is 57.7 Å². The van der Waals surface area contributed by atoms with Crippen molar-refractivity contribution in [2.24, 2.45) is 0 Å². The summed E-state index contributed by atoms with van der Waals surface area (Å²) in [6.45, 7) is 5.65. The van der Waals surface area contributed by atoms with Crippen LogP contribution < -0.4 is 16.3 Å². The average Bonchev–Trinajstić information content (AvgIpc) is 2.74. The third-order valence-electron chi connectivity index (χ3n) is 5.86. The molecule has 166 valence electrons. The molecule has 0 aliphatic carbocycles. The second kappa shape index (κ2) is 9.36. The van der Waals surface area contributed by atoms with Gasteiger partial charge in [0, 0.05) is 61.4 Å². The predicted octanol–water partition coefficient (Wildman–Crippen LogP) is 3.45. The molecule has 0 radical (unpaired) electrons. The number of hydrogen-bond acceptors (Lipinski definition) is 5. The topological polar surface area (TPSA) is 91.7 Å². The lowest BCUT2D eigenvalue weighted by Gasteiger charge is -2.32. The number of rotatable bonds is 5. The highest BCUT2D eigenvalue weighted by Crippen LogP contribution is 2.24. The average molecular weight is 434 g/mol. The predicted molar refractivity (Wildman–Crippen MR) is 124 cm³/mol. The second-order valence-electron chi connectivity index (χ2n) is 8.32. The van der Waals surface area contributed by atoms with Gasteiger partial charge in [-0.1, -0.05) is 18.2 Å². The van der Waals surface area contributed by atoms with Crippen LogP contribution in [0.25, 0.3) is 11.0 Å². The number of amides is 2. The van der Waals surface area contributed by atoms with Crippen molar-refractivity contribution in [1.82, 2.24) is 10.2 Å². The molecule has 1 fully saturated rings. The summed E-state index contributed by atoms with van der Waals surface area (Å²) in [5.41, 5.74) is 3.23. The van der Waals surface area contributed by atoms with Crippen LogP contribution in [0.3, 0.4) is 0 Å². The molecule has 3 aromatic rings. The van der Waals surface area contributed by atoms with Crippen LogP contribution >= 0.6 is 0 Å². The third kappa shape index (κ3) is 5.06. The molecule has 1 aliphatic rings. The van der Waals surface area contributed by atoms with Gasteiger partial charge in [0.05, 0.1) is 0 Å². The van der Waals surface area contributed by atoms with Crippen LogP contribution in [-0.2, 0) is 11.3 Å². The summed E-state index contributed by atoms with van der Waals surface area (Å²) in [6, 6.07) is 14.6. The van der Waals surface area contributed by atoms with Gasteiger partial charge in [-0.2, -0.15) is 0 Å². The zero-order valence-corrected chi connectivity index (χ0v) is 18.3. The van der Waals surface area contributed by atoms with Crippen molar-refractivity contribution in [3.63, 3.8) is 0 Å². The van der Waals surface area contributed by atoms with Gasteiger partial charge in [0.2, 0.25) is 5.91 Å². The summed E-state index contributed by atoms with van der Waals surface area (Å²) < 4.78 is 5.35. The highest BCUT2D eigenvalue weighted by Gasteiger charge is 2.22. The number of anilines is 1. The Kier molecular flexibility index (Phi) is 6.37. The van der Waals surface area contributed by atoms with E-state index >= 15 is 0 Å². The van der Waals surface area contributed by atoms with Crippen molar-refractivity contribution >= 4 is 28.5 Å². The number of piperidine rings is 1. The molecule has 2 heterocycles. The molecule has 1 aromatic heterocycles. The summed E-state index contributed by atoms with van der Waals surface area (Å²) in [4.78, 5) is 38.3. The smallest absolute Gasteiger partial charge is 0.336 e. The molecular weight excluding hydrogens is 406 g/mol. The van der Waals surface area contributed by atoms with Crippen molar-refractivity contribution in [3.8, 4) is 0 Å². The Morgan fingerprint density at radius 1 is 1.09 bits per heavy atom. The Balaban J connectivity index is 1.40. The minimum atomic E-state index is -0.409. The summed E-state index contributed by atoms with van der Waals surface area (Å²) >= 11 is 0. The first-order chi connectivity index (χ1) is 15.4. The van der Waals surface area contributed by atoms with Gasteiger partial charge in [-0.25, -0.2) is 4.79 Å². The molecule has 0 unspecified atom stereocenters. The second-order valence-corrected chi connectivity index (χ2v) is 8.32. The first-order valence-electron chi connectivity index (χ1n) is 10.8. The number of carbonyl (C=O) groups is 2. The fourth-order valence-electron chi connectivity index (χ4n) is 4.21. The van der Waals surface area contributed by atoms with Crippen LogP contribution in [0.4, 0.5) is 5.69 Å². The van der Waals surface area contributed by atoms with Crippen LogP contribution in [-0.4, -0.2) is 35.8 Å². The molecule has 7 heteroatoms. The van der Waals surface area contributed by atoms with E-state index in [2.05, 4.69) is 15.5 Å². The molecule has 0 saturated carbocycles. The molecule has 4 rings (SSSR count). The zero-order chi connectivity index (χ0) is 22.7. The lowest BCUT2D eigenvalue weighted by molar-refractivity contribution is -0.114. The van der Waals surface area contributed by atoms with E-state index in [1.165, 1.54) is 13.0 Å². The molecule has 2 N–H and O–H groups in total. The van der Waals surface area contributed by atoms with Crippen LogP contribution in [0, 0.1) is 6.92 Å². The van der Waals surface area contributed by atoms with E-state index in [4.69, 9.17) is 4.42 Å². The summed E-state index contributed by atoms with van der Waals surface area (Å²) in [7, 11) is 0. The van der Waals surface area contributed by atoms with Crippen molar-refractivity contribution in [3.05, 3.63) is 75.6 Å². The molecule has 1 saturated heterocycles. The Bertz CT molecular complexity index is 1210. The van der Waals surface area contributed by atoms with E-state index in [9.17, 15) is 14.4 Å². The first kappa shape index (κ1) is 21.8. The molecule has 7 nitrogen and oxygen atoms in total. The van der Waals surface area contributed by atoms with E-state index in [1.54, 1.807) is 12.1 Å².